The van der Waals surface area contributed by atoms with Gasteiger partial charge in [0.25, 0.3) is 5.56 Å². The van der Waals surface area contributed by atoms with E-state index in [9.17, 15) is 9.59 Å². The van der Waals surface area contributed by atoms with Crippen molar-refractivity contribution in [2.45, 2.75) is 89.8 Å². The van der Waals surface area contributed by atoms with E-state index in [0.29, 0.717) is 37.1 Å². The van der Waals surface area contributed by atoms with Crippen LogP contribution in [0.2, 0.25) is 0 Å². The summed E-state index contributed by atoms with van der Waals surface area (Å²) in [6.45, 7) is 5.05. The van der Waals surface area contributed by atoms with Crippen LogP contribution < -0.4 is 5.56 Å². The molecule has 3 aliphatic rings. The van der Waals surface area contributed by atoms with E-state index in [0.717, 1.165) is 84.7 Å². The fraction of sp³-hybridized carbons (Fsp3) is 0.410. The molecule has 0 saturated heterocycles. The van der Waals surface area contributed by atoms with Crippen LogP contribution in [0.5, 0.6) is 0 Å². The Kier molecular flexibility index (Phi) is 9.57. The molecule has 2 bridgehead atoms. The molecule has 10 nitrogen and oxygen atoms in total. The molecule has 0 amide bonds. The van der Waals surface area contributed by atoms with Crippen LogP contribution in [-0.4, -0.2) is 49.2 Å². The van der Waals surface area contributed by atoms with Gasteiger partial charge in [0.15, 0.2) is 0 Å². The number of fused-ring (bicyclic) bond motifs is 2. The average molecular weight is 661 g/mol. The highest BCUT2D eigenvalue weighted by Gasteiger charge is 2.47. The van der Waals surface area contributed by atoms with Crippen molar-refractivity contribution < 1.29 is 14.3 Å². The zero-order chi connectivity index (χ0) is 33.8. The third-order valence-corrected chi connectivity index (χ3v) is 10.3. The quantitative estimate of drug-likeness (QED) is 0.100. The number of aromatic amines is 1. The van der Waals surface area contributed by atoms with Gasteiger partial charge in [-0.2, -0.15) is 5.21 Å². The molecule has 10 heteroatoms. The molecule has 0 radical (unpaired) electrons. The van der Waals surface area contributed by atoms with Gasteiger partial charge in [0.05, 0.1) is 37.0 Å². The Morgan fingerprint density at radius 3 is 2.45 bits per heavy atom. The summed E-state index contributed by atoms with van der Waals surface area (Å²) in [6.07, 6.45) is 8.66. The molecule has 1 fully saturated rings. The number of carbonyl (C=O) groups excluding carboxylic acids is 1. The van der Waals surface area contributed by atoms with Gasteiger partial charge in [-0.3, -0.25) is 9.48 Å². The highest BCUT2D eigenvalue weighted by molar-refractivity contribution is 5.91. The molecule has 0 spiro atoms. The van der Waals surface area contributed by atoms with Crippen molar-refractivity contribution in [2.75, 3.05) is 13.2 Å². The van der Waals surface area contributed by atoms with E-state index in [1.807, 2.05) is 43.3 Å². The molecule has 0 atom stereocenters. The monoisotopic (exact) mass is 660 g/mol. The summed E-state index contributed by atoms with van der Waals surface area (Å²) in [7, 11) is 0. The normalized spacial score (nSPS) is 18.0. The third kappa shape index (κ3) is 6.37. The zero-order valence-electron chi connectivity index (χ0n) is 28.4. The number of unbranched alkanes of at least 4 members (excludes halogenated alkanes) is 2. The Bertz CT molecular complexity index is 1950. The Morgan fingerprint density at radius 2 is 1.71 bits per heavy atom. The molecular formula is C39H44N6O4. The van der Waals surface area contributed by atoms with Crippen molar-refractivity contribution in [2.24, 2.45) is 0 Å². The summed E-state index contributed by atoms with van der Waals surface area (Å²) in [5, 5.41) is 14.7. The maximum Gasteiger partial charge on any atom is 0.338 e. The van der Waals surface area contributed by atoms with Crippen molar-refractivity contribution in [3.8, 4) is 22.5 Å². The van der Waals surface area contributed by atoms with Gasteiger partial charge in [0, 0.05) is 23.2 Å². The summed E-state index contributed by atoms with van der Waals surface area (Å²) >= 11 is 0. The summed E-state index contributed by atoms with van der Waals surface area (Å²) in [5.74, 6) is 0.216. The molecule has 2 aromatic heterocycles. The van der Waals surface area contributed by atoms with Crippen LogP contribution in [0.1, 0.15) is 97.6 Å². The molecular weight excluding hydrogens is 616 g/mol. The summed E-state index contributed by atoms with van der Waals surface area (Å²) < 4.78 is 16.1. The number of hydrogen-bond donors (Lipinski definition) is 1. The van der Waals surface area contributed by atoms with Crippen LogP contribution in [0, 0.1) is 0 Å². The number of H-pyrrole nitrogens is 1. The van der Waals surface area contributed by atoms with Crippen molar-refractivity contribution in [3.05, 3.63) is 111 Å². The number of benzene rings is 3. The first-order valence-electron chi connectivity index (χ1n) is 17.6. The number of aromatic nitrogens is 6. The van der Waals surface area contributed by atoms with Gasteiger partial charge in [-0.1, -0.05) is 86.5 Å². The second-order valence-electron chi connectivity index (χ2n) is 13.3. The summed E-state index contributed by atoms with van der Waals surface area (Å²) in [5.41, 5.74) is 7.21. The Labute approximate surface area is 286 Å². The molecule has 49 heavy (non-hydrogen) atoms. The fourth-order valence-corrected chi connectivity index (χ4v) is 7.84. The predicted octanol–water partition coefficient (Wildman–Crippen LogP) is 7.04. The van der Waals surface area contributed by atoms with E-state index in [1.54, 1.807) is 6.07 Å². The van der Waals surface area contributed by atoms with Gasteiger partial charge >= 0.3 is 5.97 Å². The van der Waals surface area contributed by atoms with Gasteiger partial charge in [-0.15, -0.1) is 10.2 Å². The Morgan fingerprint density at radius 1 is 0.959 bits per heavy atom. The smallest absolute Gasteiger partial charge is 0.338 e. The summed E-state index contributed by atoms with van der Waals surface area (Å²) in [4.78, 5) is 27.2. The van der Waals surface area contributed by atoms with Crippen LogP contribution in [0.4, 0.5) is 0 Å². The summed E-state index contributed by atoms with van der Waals surface area (Å²) in [6, 6.07) is 24.3. The number of esters is 1. The lowest BCUT2D eigenvalue weighted by Crippen LogP contribution is -2.54. The van der Waals surface area contributed by atoms with E-state index >= 15 is 0 Å². The minimum Gasteiger partial charge on any atom is -0.462 e. The number of tetrazole rings is 1. The molecule has 5 aromatic rings. The van der Waals surface area contributed by atoms with Crippen LogP contribution in [-0.2, 0) is 34.5 Å². The third-order valence-electron chi connectivity index (χ3n) is 10.3. The minimum atomic E-state index is -0.412. The molecule has 254 valence electrons. The SMILES string of the molecule is CCCCCc1c(Cc2ccc(-c3ccccc3-c3nn[nH]n3)cc2)c(=O)n2n1C1CCC2(COCc2ccccc2C(=O)OCC)CC1. The van der Waals surface area contributed by atoms with Gasteiger partial charge < -0.3 is 9.47 Å². The topological polar surface area (TPSA) is 117 Å². The number of hydrogen-bond acceptors (Lipinski definition) is 7. The first-order valence-corrected chi connectivity index (χ1v) is 17.6. The zero-order valence-corrected chi connectivity index (χ0v) is 28.4. The standard InChI is InChI=1S/C39H44N6O4/c1-3-5-6-15-35-34(24-27-16-18-28(19-17-27)31-12-9-10-14-33(31)36-40-42-43-41-36)37(46)45-39(22-20-30(21-23-39)44(35)45)26-48-25-29-11-7-8-13-32(29)38(47)49-4-2/h7-14,16-19,30H,3-6,15,20-26H2,1-2H3,(H,40,41,42,43). The highest BCUT2D eigenvalue weighted by Crippen LogP contribution is 2.46. The number of nitrogens with one attached hydrogen (secondary N) is 1. The first kappa shape index (κ1) is 32.7. The number of nitrogens with zero attached hydrogens (tertiary/aromatic N) is 5. The Balaban J connectivity index is 1.18. The molecule has 2 aliphatic heterocycles. The number of rotatable bonds is 14. The maximum atomic E-state index is 14.6. The lowest BCUT2D eigenvalue weighted by Gasteiger charge is -2.49. The first-order chi connectivity index (χ1) is 24.0. The van der Waals surface area contributed by atoms with Crippen molar-refractivity contribution in [3.63, 3.8) is 0 Å². The molecule has 8 rings (SSSR count). The largest absolute Gasteiger partial charge is 0.462 e. The number of carbonyl (C=O) groups is 1. The average Bonchev–Trinajstić information content (AvgIpc) is 3.78. The van der Waals surface area contributed by atoms with Gasteiger partial charge in [-0.25, -0.2) is 9.48 Å². The number of ether oxygens (including phenoxy) is 2. The second kappa shape index (κ2) is 14.3. The fourth-order valence-electron chi connectivity index (χ4n) is 7.84. The maximum absolute atomic E-state index is 14.6. The highest BCUT2D eigenvalue weighted by atomic mass is 16.5. The van der Waals surface area contributed by atoms with Gasteiger partial charge in [-0.05, 0) is 79.0 Å². The molecule has 0 unspecified atom stereocenters. The minimum absolute atomic E-state index is 0.109. The molecule has 4 heterocycles. The van der Waals surface area contributed by atoms with E-state index < -0.39 is 5.54 Å². The lowest BCUT2D eigenvalue weighted by atomic mass is 9.78. The Hall–Kier alpha value is -4.83. The van der Waals surface area contributed by atoms with E-state index in [2.05, 4.69) is 67.2 Å². The molecule has 1 saturated carbocycles. The van der Waals surface area contributed by atoms with E-state index in [4.69, 9.17) is 9.47 Å². The van der Waals surface area contributed by atoms with Crippen LogP contribution in [0.25, 0.3) is 22.5 Å². The van der Waals surface area contributed by atoms with Crippen molar-refractivity contribution in [1.82, 2.24) is 30.0 Å². The van der Waals surface area contributed by atoms with E-state index in [1.165, 1.54) is 5.69 Å². The van der Waals surface area contributed by atoms with Crippen molar-refractivity contribution >= 4 is 5.97 Å². The molecule has 1 aliphatic carbocycles. The van der Waals surface area contributed by atoms with Crippen molar-refractivity contribution in [1.29, 1.82) is 0 Å². The molecule has 3 aromatic carbocycles. The second-order valence-corrected chi connectivity index (χ2v) is 13.3. The van der Waals surface area contributed by atoms with Gasteiger partial charge in [0.2, 0.25) is 5.82 Å². The molecule has 1 N–H and O–H groups in total. The predicted molar refractivity (Wildman–Crippen MR) is 187 cm³/mol. The van der Waals surface area contributed by atoms with Crippen LogP contribution >= 0.6 is 0 Å². The lowest BCUT2D eigenvalue weighted by molar-refractivity contribution is -0.0396. The van der Waals surface area contributed by atoms with Crippen LogP contribution in [0.3, 0.4) is 0 Å². The van der Waals surface area contributed by atoms with E-state index in [-0.39, 0.29) is 18.1 Å². The van der Waals surface area contributed by atoms with Gasteiger partial charge in [0.1, 0.15) is 0 Å². The van der Waals surface area contributed by atoms with Crippen LogP contribution in [0.15, 0.2) is 77.6 Å².